The number of ether oxygens (including phenoxy) is 2. The van der Waals surface area contributed by atoms with Gasteiger partial charge >= 0.3 is 0 Å². The summed E-state index contributed by atoms with van der Waals surface area (Å²) in [5.41, 5.74) is -0.793. The fraction of sp³-hybridized carbons (Fsp3) is 0.933. The molecule has 21 heavy (non-hydrogen) atoms. The van der Waals surface area contributed by atoms with Crippen LogP contribution < -0.4 is 5.32 Å². The standard InChI is InChI=1S/C15H28N2O4/c1-17(12-15(19)5-10-20-11-6-15)14(18)4-9-21-13-2-7-16-8-3-13/h13,16,19H,2-12H2,1H3. The first-order valence-electron chi connectivity index (χ1n) is 7.95. The van der Waals surface area contributed by atoms with E-state index in [4.69, 9.17) is 9.47 Å². The first kappa shape index (κ1) is 16.7. The number of hydrogen-bond acceptors (Lipinski definition) is 5. The van der Waals surface area contributed by atoms with Crippen LogP contribution in [-0.2, 0) is 14.3 Å². The second-order valence-corrected chi connectivity index (χ2v) is 6.16. The number of aliphatic hydroxyl groups is 1. The lowest BCUT2D eigenvalue weighted by atomic mass is 9.94. The molecule has 2 fully saturated rings. The van der Waals surface area contributed by atoms with E-state index in [1.807, 2.05) is 0 Å². The number of carbonyl (C=O) groups is 1. The van der Waals surface area contributed by atoms with E-state index in [1.165, 1.54) is 0 Å². The summed E-state index contributed by atoms with van der Waals surface area (Å²) in [6, 6.07) is 0. The molecular weight excluding hydrogens is 272 g/mol. The molecule has 0 aliphatic carbocycles. The predicted molar refractivity (Wildman–Crippen MR) is 79.1 cm³/mol. The van der Waals surface area contributed by atoms with Crippen molar-refractivity contribution in [2.24, 2.45) is 0 Å². The smallest absolute Gasteiger partial charge is 0.224 e. The van der Waals surface area contributed by atoms with Gasteiger partial charge in [-0.15, -0.1) is 0 Å². The summed E-state index contributed by atoms with van der Waals surface area (Å²) in [7, 11) is 1.75. The van der Waals surface area contributed by atoms with Gasteiger partial charge in [0.05, 0.1) is 24.7 Å². The minimum absolute atomic E-state index is 0.0313. The van der Waals surface area contributed by atoms with Crippen molar-refractivity contribution in [3.05, 3.63) is 0 Å². The fourth-order valence-corrected chi connectivity index (χ4v) is 2.90. The summed E-state index contributed by atoms with van der Waals surface area (Å²) in [6.45, 7) is 3.97. The maximum atomic E-state index is 12.1. The van der Waals surface area contributed by atoms with E-state index in [1.54, 1.807) is 11.9 Å². The Bertz CT molecular complexity index is 326. The summed E-state index contributed by atoms with van der Waals surface area (Å²) in [5.74, 6) is 0.0313. The fourth-order valence-electron chi connectivity index (χ4n) is 2.90. The maximum absolute atomic E-state index is 12.1. The van der Waals surface area contributed by atoms with Crippen LogP contribution in [0.25, 0.3) is 0 Å². The van der Waals surface area contributed by atoms with Crippen molar-refractivity contribution >= 4 is 5.91 Å². The molecule has 1 amide bonds. The number of piperidine rings is 1. The lowest BCUT2D eigenvalue weighted by molar-refractivity contribution is -0.138. The van der Waals surface area contributed by atoms with Gasteiger partial charge in [-0.25, -0.2) is 0 Å². The molecule has 2 aliphatic rings. The summed E-state index contributed by atoms with van der Waals surface area (Å²) >= 11 is 0. The number of amides is 1. The molecule has 0 bridgehead atoms. The Hall–Kier alpha value is -0.690. The number of likely N-dealkylation sites (N-methyl/N-ethyl adjacent to an activating group) is 1. The highest BCUT2D eigenvalue weighted by molar-refractivity contribution is 5.76. The molecule has 0 spiro atoms. The molecule has 122 valence electrons. The maximum Gasteiger partial charge on any atom is 0.224 e. The van der Waals surface area contributed by atoms with Crippen LogP contribution in [0.1, 0.15) is 32.1 Å². The van der Waals surface area contributed by atoms with E-state index in [0.29, 0.717) is 45.6 Å². The van der Waals surface area contributed by atoms with Gasteiger partial charge in [-0.2, -0.15) is 0 Å². The predicted octanol–water partition coefficient (Wildman–Crippen LogP) is 0.145. The number of hydrogen-bond donors (Lipinski definition) is 2. The van der Waals surface area contributed by atoms with Gasteiger partial charge in [-0.3, -0.25) is 4.79 Å². The van der Waals surface area contributed by atoms with Crippen molar-refractivity contribution in [2.75, 3.05) is 46.5 Å². The number of nitrogens with zero attached hydrogens (tertiary/aromatic N) is 1. The Morgan fingerprint density at radius 1 is 1.38 bits per heavy atom. The van der Waals surface area contributed by atoms with Crippen molar-refractivity contribution in [1.82, 2.24) is 10.2 Å². The highest BCUT2D eigenvalue weighted by atomic mass is 16.5. The first-order chi connectivity index (χ1) is 10.1. The molecule has 0 unspecified atom stereocenters. The number of carbonyl (C=O) groups excluding carboxylic acids is 1. The third-order valence-electron chi connectivity index (χ3n) is 4.34. The molecular formula is C15H28N2O4. The lowest BCUT2D eigenvalue weighted by Gasteiger charge is -2.35. The van der Waals surface area contributed by atoms with E-state index in [-0.39, 0.29) is 12.0 Å². The van der Waals surface area contributed by atoms with Crippen LogP contribution >= 0.6 is 0 Å². The van der Waals surface area contributed by atoms with Gasteiger partial charge in [0.25, 0.3) is 0 Å². The van der Waals surface area contributed by atoms with Crippen molar-refractivity contribution in [3.63, 3.8) is 0 Å². The monoisotopic (exact) mass is 300 g/mol. The van der Waals surface area contributed by atoms with E-state index in [2.05, 4.69) is 5.32 Å². The lowest BCUT2D eigenvalue weighted by Crippen LogP contribution is -2.47. The third kappa shape index (κ3) is 5.54. The Balaban J connectivity index is 1.64. The Labute approximate surface area is 126 Å². The molecule has 2 heterocycles. The molecule has 0 radical (unpaired) electrons. The molecule has 2 saturated heterocycles. The van der Waals surface area contributed by atoms with Crippen LogP contribution in [0.5, 0.6) is 0 Å². The summed E-state index contributed by atoms with van der Waals surface area (Å²) in [5, 5.41) is 13.7. The zero-order valence-corrected chi connectivity index (χ0v) is 13.0. The average Bonchev–Trinajstić information content (AvgIpc) is 2.48. The van der Waals surface area contributed by atoms with Crippen LogP contribution in [0.4, 0.5) is 0 Å². The topological polar surface area (TPSA) is 71.0 Å². The van der Waals surface area contributed by atoms with Crippen molar-refractivity contribution in [1.29, 1.82) is 0 Å². The van der Waals surface area contributed by atoms with Crippen molar-refractivity contribution < 1.29 is 19.4 Å². The van der Waals surface area contributed by atoms with Gasteiger partial charge in [0.1, 0.15) is 0 Å². The molecule has 6 nitrogen and oxygen atoms in total. The van der Waals surface area contributed by atoms with Crippen molar-refractivity contribution in [3.8, 4) is 0 Å². The van der Waals surface area contributed by atoms with Gasteiger partial charge in [-0.05, 0) is 25.9 Å². The second kappa shape index (κ2) is 8.08. The normalized spacial score (nSPS) is 23.0. The molecule has 6 heteroatoms. The summed E-state index contributed by atoms with van der Waals surface area (Å²) < 4.78 is 11.0. The van der Waals surface area contributed by atoms with Crippen LogP contribution in [-0.4, -0.2) is 74.1 Å². The van der Waals surface area contributed by atoms with Gasteiger partial charge < -0.3 is 24.8 Å². The van der Waals surface area contributed by atoms with E-state index < -0.39 is 5.60 Å². The van der Waals surface area contributed by atoms with E-state index >= 15 is 0 Å². The van der Waals surface area contributed by atoms with Gasteiger partial charge in [0.15, 0.2) is 0 Å². The number of nitrogens with one attached hydrogen (secondary N) is 1. The first-order valence-corrected chi connectivity index (χ1v) is 7.95. The third-order valence-corrected chi connectivity index (χ3v) is 4.34. The van der Waals surface area contributed by atoms with Gasteiger partial charge in [0, 0.05) is 39.6 Å². The Morgan fingerprint density at radius 2 is 2.05 bits per heavy atom. The summed E-state index contributed by atoms with van der Waals surface area (Å²) in [4.78, 5) is 13.7. The molecule has 0 saturated carbocycles. The SMILES string of the molecule is CN(CC1(O)CCOCC1)C(=O)CCOC1CCNCC1. The Kier molecular flexibility index (Phi) is 6.41. The quantitative estimate of drug-likeness (QED) is 0.730. The average molecular weight is 300 g/mol. The van der Waals surface area contributed by atoms with Gasteiger partial charge in [0.2, 0.25) is 5.91 Å². The molecule has 0 aromatic heterocycles. The minimum Gasteiger partial charge on any atom is -0.388 e. The summed E-state index contributed by atoms with van der Waals surface area (Å²) in [6.07, 6.45) is 3.89. The van der Waals surface area contributed by atoms with E-state index in [9.17, 15) is 9.90 Å². The Morgan fingerprint density at radius 3 is 2.71 bits per heavy atom. The minimum atomic E-state index is -0.793. The zero-order chi connectivity index (χ0) is 15.1. The molecule has 2 N–H and O–H groups in total. The van der Waals surface area contributed by atoms with Crippen LogP contribution in [0, 0.1) is 0 Å². The highest BCUT2D eigenvalue weighted by Gasteiger charge is 2.32. The van der Waals surface area contributed by atoms with Crippen LogP contribution in [0.2, 0.25) is 0 Å². The van der Waals surface area contributed by atoms with Gasteiger partial charge in [-0.1, -0.05) is 0 Å². The van der Waals surface area contributed by atoms with Crippen LogP contribution in [0.15, 0.2) is 0 Å². The van der Waals surface area contributed by atoms with Crippen LogP contribution in [0.3, 0.4) is 0 Å². The zero-order valence-electron chi connectivity index (χ0n) is 13.0. The van der Waals surface area contributed by atoms with Crippen molar-refractivity contribution in [2.45, 2.75) is 43.8 Å². The molecule has 2 aliphatic heterocycles. The van der Waals surface area contributed by atoms with E-state index in [0.717, 1.165) is 25.9 Å². The largest absolute Gasteiger partial charge is 0.388 e. The number of rotatable bonds is 6. The second-order valence-electron chi connectivity index (χ2n) is 6.16. The molecule has 2 rings (SSSR count). The molecule has 0 atom stereocenters. The highest BCUT2D eigenvalue weighted by Crippen LogP contribution is 2.21. The molecule has 0 aromatic carbocycles. The molecule has 0 aromatic rings.